The van der Waals surface area contributed by atoms with E-state index < -0.39 is 3.61 Å². The summed E-state index contributed by atoms with van der Waals surface area (Å²) in [6, 6.07) is 7.63. The van der Waals surface area contributed by atoms with Crippen LogP contribution in [-0.4, -0.2) is 22.9 Å². The van der Waals surface area contributed by atoms with Gasteiger partial charge in [-0.1, -0.05) is 36.8 Å². The zero-order chi connectivity index (χ0) is 15.3. The van der Waals surface area contributed by atoms with E-state index in [0.717, 1.165) is 36.8 Å². The lowest BCUT2D eigenvalue weighted by molar-refractivity contribution is 0.0970. The summed E-state index contributed by atoms with van der Waals surface area (Å²) in [5, 5.41) is 20.3. The monoisotopic (exact) mass is 399 g/mol. The van der Waals surface area contributed by atoms with E-state index in [2.05, 4.69) is 11.8 Å². The van der Waals surface area contributed by atoms with E-state index in [1.54, 1.807) is 0 Å². The van der Waals surface area contributed by atoms with Crippen molar-refractivity contribution in [1.82, 2.24) is 0 Å². The van der Waals surface area contributed by atoms with Gasteiger partial charge in [-0.3, -0.25) is 0 Å². The van der Waals surface area contributed by atoms with Gasteiger partial charge in [0.05, 0.1) is 6.10 Å². The van der Waals surface area contributed by atoms with Crippen LogP contribution in [-0.2, 0) is 3.61 Å². The van der Waals surface area contributed by atoms with Crippen LogP contribution in [0.3, 0.4) is 0 Å². The molecule has 0 aliphatic heterocycles. The van der Waals surface area contributed by atoms with Crippen LogP contribution in [0.1, 0.15) is 43.2 Å². The second kappa shape index (κ2) is 7.59. The first-order chi connectivity index (χ1) is 10.0. The third kappa shape index (κ3) is 4.68. The molecule has 0 spiro atoms. The number of hydrogen-bond donors (Lipinski definition) is 3. The first kappa shape index (κ1) is 16.8. The number of halogens is 1. The van der Waals surface area contributed by atoms with E-state index in [9.17, 15) is 10.2 Å². The van der Waals surface area contributed by atoms with Crippen molar-refractivity contribution in [3.63, 3.8) is 0 Å². The smallest absolute Gasteiger partial charge is 0.142 e. The number of nitrogens with two attached hydrogens (primary N) is 1. The highest BCUT2D eigenvalue weighted by Crippen LogP contribution is 2.32. The Hall–Kier alpha value is -0.610. The van der Waals surface area contributed by atoms with Crippen LogP contribution < -0.4 is 5.73 Å². The van der Waals surface area contributed by atoms with Gasteiger partial charge in [0.15, 0.2) is 0 Å². The first-order valence-electron chi connectivity index (χ1n) is 7.44. The lowest BCUT2D eigenvalue weighted by atomic mass is 9.87. The molecule has 3 unspecified atom stereocenters. The fraction of sp³-hybridized carbons (Fsp3) is 0.529. The fourth-order valence-electron chi connectivity index (χ4n) is 2.63. The van der Waals surface area contributed by atoms with Gasteiger partial charge < -0.3 is 15.9 Å². The van der Waals surface area contributed by atoms with E-state index in [-0.39, 0.29) is 12.0 Å². The highest BCUT2D eigenvalue weighted by molar-refractivity contribution is 14.1. The molecule has 0 bridgehead atoms. The van der Waals surface area contributed by atoms with Crippen molar-refractivity contribution in [2.75, 3.05) is 6.54 Å². The van der Waals surface area contributed by atoms with Crippen molar-refractivity contribution >= 4 is 22.6 Å². The van der Waals surface area contributed by atoms with E-state index in [4.69, 9.17) is 5.73 Å². The van der Waals surface area contributed by atoms with Gasteiger partial charge in [-0.2, -0.15) is 0 Å². The molecular formula is C17H22INO2. The molecule has 1 aliphatic carbocycles. The molecule has 0 heterocycles. The largest absolute Gasteiger partial charge is 0.392 e. The Morgan fingerprint density at radius 2 is 2.10 bits per heavy atom. The molecular weight excluding hydrogens is 377 g/mol. The van der Waals surface area contributed by atoms with Crippen molar-refractivity contribution in [2.24, 2.45) is 11.7 Å². The number of aliphatic hydroxyl groups is 2. The van der Waals surface area contributed by atoms with Gasteiger partial charge in [-0.05, 0) is 59.7 Å². The quantitative estimate of drug-likeness (QED) is 0.416. The Balaban J connectivity index is 2.15. The summed E-state index contributed by atoms with van der Waals surface area (Å²) in [6.07, 6.45) is 4.26. The molecule has 1 aliphatic rings. The van der Waals surface area contributed by atoms with Crippen molar-refractivity contribution < 1.29 is 10.2 Å². The molecule has 1 aromatic rings. The van der Waals surface area contributed by atoms with Gasteiger partial charge >= 0.3 is 0 Å². The van der Waals surface area contributed by atoms with Crippen LogP contribution in [0.25, 0.3) is 0 Å². The molecule has 0 saturated heterocycles. The number of alkyl halides is 1. The summed E-state index contributed by atoms with van der Waals surface area (Å²) in [4.78, 5) is 0. The topological polar surface area (TPSA) is 66.5 Å². The molecule has 0 radical (unpaired) electrons. The van der Waals surface area contributed by atoms with Gasteiger partial charge in [0.25, 0.3) is 0 Å². The SMILES string of the molecule is NCCC(O)(I)c1cccc(C#CC2CCCCC2O)c1. The van der Waals surface area contributed by atoms with E-state index in [1.807, 2.05) is 46.9 Å². The molecule has 3 atom stereocenters. The second-order valence-electron chi connectivity index (χ2n) is 5.61. The molecule has 3 nitrogen and oxygen atoms in total. The third-order valence-electron chi connectivity index (χ3n) is 3.91. The Morgan fingerprint density at radius 1 is 1.33 bits per heavy atom. The minimum atomic E-state index is -0.950. The number of aliphatic hydroxyl groups excluding tert-OH is 1. The van der Waals surface area contributed by atoms with Gasteiger partial charge in [-0.25, -0.2) is 0 Å². The van der Waals surface area contributed by atoms with E-state index in [0.29, 0.717) is 13.0 Å². The van der Waals surface area contributed by atoms with Gasteiger partial charge in [-0.15, -0.1) is 0 Å². The van der Waals surface area contributed by atoms with Crippen LogP contribution in [0.2, 0.25) is 0 Å². The summed E-state index contributed by atoms with van der Waals surface area (Å²) in [5.74, 6) is 6.41. The summed E-state index contributed by atoms with van der Waals surface area (Å²) in [5.41, 5.74) is 7.24. The molecule has 114 valence electrons. The average molecular weight is 399 g/mol. The van der Waals surface area contributed by atoms with Gasteiger partial charge in [0.1, 0.15) is 3.61 Å². The van der Waals surface area contributed by atoms with Gasteiger partial charge in [0, 0.05) is 17.9 Å². The Morgan fingerprint density at radius 3 is 2.81 bits per heavy atom. The summed E-state index contributed by atoms with van der Waals surface area (Å²) in [6.45, 7) is 0.434. The molecule has 4 N–H and O–H groups in total. The maximum Gasteiger partial charge on any atom is 0.142 e. The lowest BCUT2D eigenvalue weighted by Crippen LogP contribution is -2.23. The standard InChI is InChI=1S/C17H22INO2/c18-17(21,10-11-19)15-6-3-4-13(12-15)8-9-14-5-1-2-7-16(14)20/h3-4,6,12,14,16,20-21H,1-2,5,7,10-11,19H2. The van der Waals surface area contributed by atoms with Crippen LogP contribution in [0.15, 0.2) is 24.3 Å². The second-order valence-corrected chi connectivity index (χ2v) is 7.39. The van der Waals surface area contributed by atoms with Gasteiger partial charge in [0.2, 0.25) is 0 Å². The molecule has 2 rings (SSSR count). The molecule has 0 amide bonds. The molecule has 1 fully saturated rings. The fourth-order valence-corrected chi connectivity index (χ4v) is 3.27. The Labute approximate surface area is 140 Å². The summed E-state index contributed by atoms with van der Waals surface area (Å²) in [7, 11) is 0. The van der Waals surface area contributed by atoms with Crippen LogP contribution in [0.5, 0.6) is 0 Å². The first-order valence-corrected chi connectivity index (χ1v) is 8.52. The minimum absolute atomic E-state index is 0.0740. The third-order valence-corrected chi connectivity index (χ3v) is 5.07. The van der Waals surface area contributed by atoms with Crippen molar-refractivity contribution in [3.8, 4) is 11.8 Å². The summed E-state index contributed by atoms with van der Waals surface area (Å²) >= 11 is 2.02. The number of benzene rings is 1. The molecule has 4 heteroatoms. The molecule has 1 aromatic carbocycles. The number of hydrogen-bond acceptors (Lipinski definition) is 3. The zero-order valence-corrected chi connectivity index (χ0v) is 14.2. The van der Waals surface area contributed by atoms with Crippen molar-refractivity contribution in [3.05, 3.63) is 35.4 Å². The lowest BCUT2D eigenvalue weighted by Gasteiger charge is -2.23. The predicted molar refractivity (Wildman–Crippen MR) is 92.9 cm³/mol. The maximum absolute atomic E-state index is 10.4. The normalized spacial score (nSPS) is 24.8. The van der Waals surface area contributed by atoms with Crippen molar-refractivity contribution in [1.29, 1.82) is 0 Å². The highest BCUT2D eigenvalue weighted by atomic mass is 127. The molecule has 1 saturated carbocycles. The summed E-state index contributed by atoms with van der Waals surface area (Å²) < 4.78 is -0.950. The van der Waals surface area contributed by atoms with E-state index >= 15 is 0 Å². The average Bonchev–Trinajstić information content (AvgIpc) is 2.47. The predicted octanol–water partition coefficient (Wildman–Crippen LogP) is 2.52. The van der Waals surface area contributed by atoms with Crippen LogP contribution >= 0.6 is 22.6 Å². The van der Waals surface area contributed by atoms with Crippen molar-refractivity contribution in [2.45, 2.75) is 41.8 Å². The molecule has 0 aromatic heterocycles. The molecule has 21 heavy (non-hydrogen) atoms. The zero-order valence-electron chi connectivity index (χ0n) is 12.1. The minimum Gasteiger partial charge on any atom is -0.392 e. The highest BCUT2D eigenvalue weighted by Gasteiger charge is 2.24. The Kier molecular flexibility index (Phi) is 6.06. The van der Waals surface area contributed by atoms with Crippen LogP contribution in [0, 0.1) is 17.8 Å². The maximum atomic E-state index is 10.4. The number of rotatable bonds is 3. The Bertz CT molecular complexity index is 533. The van der Waals surface area contributed by atoms with E-state index in [1.165, 1.54) is 0 Å². The van der Waals surface area contributed by atoms with Crippen LogP contribution in [0.4, 0.5) is 0 Å².